The van der Waals surface area contributed by atoms with Gasteiger partial charge in [0.1, 0.15) is 24.9 Å². The van der Waals surface area contributed by atoms with E-state index in [1.807, 2.05) is 4.90 Å². The zero-order valence-electron chi connectivity index (χ0n) is 19.1. The fourth-order valence-corrected chi connectivity index (χ4v) is 4.93. The van der Waals surface area contributed by atoms with Gasteiger partial charge in [-0.1, -0.05) is 20.8 Å². The number of cyclic esters (lactones) is 1. The van der Waals surface area contributed by atoms with Gasteiger partial charge in [-0.15, -0.1) is 0 Å². The Morgan fingerprint density at radius 1 is 1.25 bits per heavy atom. The SMILES string of the molecule is C[SiH](C)OC1C(C(C)(C)C)CN1c1ccc(N2CC(COc3ccon3)OC2=O)cc1F. The van der Waals surface area contributed by atoms with E-state index in [4.69, 9.17) is 18.4 Å². The first kappa shape index (κ1) is 22.6. The first-order chi connectivity index (χ1) is 15.1. The highest BCUT2D eigenvalue weighted by Gasteiger charge is 2.47. The molecule has 0 N–H and O–H groups in total. The van der Waals surface area contributed by atoms with Gasteiger partial charge in [-0.05, 0) is 41.9 Å². The maximum atomic E-state index is 15.2. The van der Waals surface area contributed by atoms with Gasteiger partial charge in [0.05, 0.1) is 17.9 Å². The number of hydrogen-bond acceptors (Lipinski definition) is 7. The van der Waals surface area contributed by atoms with Gasteiger partial charge in [-0.25, -0.2) is 9.18 Å². The number of amides is 1. The molecule has 0 saturated carbocycles. The standard InChI is InChI=1S/C22H30FN3O5Si/c1-22(2,3)16-12-26(20(16)31-32(4)5)18-7-6-14(10-17(18)23)25-11-15(30-21(25)27)13-28-19-8-9-29-24-19/h6-10,15-16,20,32H,11-13H2,1-5H3. The summed E-state index contributed by atoms with van der Waals surface area (Å²) in [7, 11) is -1.31. The monoisotopic (exact) mass is 463 g/mol. The molecular weight excluding hydrogens is 433 g/mol. The number of rotatable bonds is 7. The van der Waals surface area contributed by atoms with Crippen LogP contribution in [-0.4, -0.2) is 52.3 Å². The molecule has 8 nitrogen and oxygen atoms in total. The van der Waals surface area contributed by atoms with Gasteiger partial charge in [0.25, 0.3) is 5.88 Å². The zero-order chi connectivity index (χ0) is 23.0. The zero-order valence-corrected chi connectivity index (χ0v) is 20.2. The fourth-order valence-electron chi connectivity index (χ4n) is 4.04. The van der Waals surface area contributed by atoms with Crippen molar-refractivity contribution in [3.63, 3.8) is 0 Å². The molecule has 2 aliphatic rings. The second kappa shape index (κ2) is 8.74. The minimum atomic E-state index is -1.31. The van der Waals surface area contributed by atoms with E-state index < -0.39 is 21.2 Å². The molecule has 0 radical (unpaired) electrons. The number of halogens is 1. The number of carbonyl (C=O) groups is 1. The lowest BCUT2D eigenvalue weighted by Gasteiger charge is -2.55. The third-order valence-corrected chi connectivity index (χ3v) is 6.65. The molecule has 3 atom stereocenters. The molecule has 2 saturated heterocycles. The minimum Gasteiger partial charge on any atom is -0.471 e. The smallest absolute Gasteiger partial charge is 0.414 e. The number of nitrogens with zero attached hydrogens (tertiary/aromatic N) is 3. The minimum absolute atomic E-state index is 0.0727. The number of aromatic nitrogens is 1. The third kappa shape index (κ3) is 4.61. The van der Waals surface area contributed by atoms with Crippen molar-refractivity contribution in [2.24, 2.45) is 11.3 Å². The van der Waals surface area contributed by atoms with E-state index in [2.05, 4.69) is 39.0 Å². The molecule has 2 fully saturated rings. The van der Waals surface area contributed by atoms with Crippen LogP contribution in [-0.2, 0) is 9.16 Å². The molecule has 2 aliphatic heterocycles. The summed E-state index contributed by atoms with van der Waals surface area (Å²) >= 11 is 0. The van der Waals surface area contributed by atoms with E-state index in [1.165, 1.54) is 17.2 Å². The van der Waals surface area contributed by atoms with Crippen molar-refractivity contribution >= 4 is 26.5 Å². The lowest BCUT2D eigenvalue weighted by atomic mass is 9.74. The molecule has 32 heavy (non-hydrogen) atoms. The van der Waals surface area contributed by atoms with Gasteiger partial charge < -0.3 is 23.3 Å². The first-order valence-electron chi connectivity index (χ1n) is 10.9. The summed E-state index contributed by atoms with van der Waals surface area (Å²) in [5.74, 6) is 0.263. The van der Waals surface area contributed by atoms with Crippen LogP contribution in [0.15, 0.2) is 35.1 Å². The van der Waals surface area contributed by atoms with E-state index >= 15 is 4.39 Å². The van der Waals surface area contributed by atoms with Crippen molar-refractivity contribution < 1.29 is 27.6 Å². The highest BCUT2D eigenvalue weighted by Crippen LogP contribution is 2.43. The van der Waals surface area contributed by atoms with E-state index in [0.29, 0.717) is 23.2 Å². The quantitative estimate of drug-likeness (QED) is 0.574. The van der Waals surface area contributed by atoms with E-state index in [-0.39, 0.29) is 30.6 Å². The van der Waals surface area contributed by atoms with Crippen molar-refractivity contribution in [3.05, 3.63) is 36.3 Å². The number of anilines is 2. The maximum Gasteiger partial charge on any atom is 0.414 e. The van der Waals surface area contributed by atoms with Gasteiger partial charge in [0.15, 0.2) is 15.1 Å². The summed E-state index contributed by atoms with van der Waals surface area (Å²) in [4.78, 5) is 15.7. The van der Waals surface area contributed by atoms with Crippen LogP contribution in [0.3, 0.4) is 0 Å². The Labute approximate surface area is 188 Å². The van der Waals surface area contributed by atoms with Crippen LogP contribution in [0, 0.1) is 17.2 Å². The van der Waals surface area contributed by atoms with Crippen LogP contribution in [0.1, 0.15) is 20.8 Å². The Hall–Kier alpha value is -2.59. The van der Waals surface area contributed by atoms with Crippen LogP contribution in [0.2, 0.25) is 13.1 Å². The van der Waals surface area contributed by atoms with Gasteiger partial charge in [-0.3, -0.25) is 4.90 Å². The molecule has 1 aromatic heterocycles. The Kier molecular flexibility index (Phi) is 6.17. The van der Waals surface area contributed by atoms with Gasteiger partial charge in [-0.2, -0.15) is 0 Å². The summed E-state index contributed by atoms with van der Waals surface area (Å²) in [5.41, 5.74) is 1.01. The molecule has 0 bridgehead atoms. The van der Waals surface area contributed by atoms with Crippen LogP contribution < -0.4 is 14.5 Å². The lowest BCUT2D eigenvalue weighted by Crippen LogP contribution is -2.63. The summed E-state index contributed by atoms with van der Waals surface area (Å²) in [6.07, 6.45) is 0.248. The highest BCUT2D eigenvalue weighted by molar-refractivity contribution is 6.48. The molecule has 1 aromatic carbocycles. The molecule has 3 unspecified atom stereocenters. The summed E-state index contributed by atoms with van der Waals surface area (Å²) in [6.45, 7) is 11.9. The fraction of sp³-hybridized carbons (Fsp3) is 0.545. The maximum absolute atomic E-state index is 15.2. The molecule has 10 heteroatoms. The second-order valence-electron chi connectivity index (χ2n) is 9.60. The van der Waals surface area contributed by atoms with Crippen LogP contribution in [0.25, 0.3) is 0 Å². The van der Waals surface area contributed by atoms with Crippen molar-refractivity contribution in [1.82, 2.24) is 5.16 Å². The van der Waals surface area contributed by atoms with Crippen molar-refractivity contribution in [2.45, 2.75) is 46.2 Å². The molecule has 2 aromatic rings. The summed E-state index contributed by atoms with van der Waals surface area (Å²) < 4.78 is 36.9. The lowest BCUT2D eigenvalue weighted by molar-refractivity contribution is 0.00256. The highest BCUT2D eigenvalue weighted by atomic mass is 28.3. The van der Waals surface area contributed by atoms with Gasteiger partial charge in [0, 0.05) is 18.5 Å². The number of hydrogen-bond donors (Lipinski definition) is 0. The summed E-state index contributed by atoms with van der Waals surface area (Å²) in [5, 5.41) is 3.66. The molecule has 4 rings (SSSR count). The Morgan fingerprint density at radius 2 is 2.03 bits per heavy atom. The van der Waals surface area contributed by atoms with E-state index in [1.54, 1.807) is 18.2 Å². The Balaban J connectivity index is 1.44. The average molecular weight is 464 g/mol. The number of benzene rings is 1. The molecule has 0 spiro atoms. The second-order valence-corrected chi connectivity index (χ2v) is 12.0. The van der Waals surface area contributed by atoms with Crippen molar-refractivity contribution in [3.8, 4) is 5.88 Å². The van der Waals surface area contributed by atoms with Crippen molar-refractivity contribution in [1.29, 1.82) is 0 Å². The molecule has 174 valence electrons. The van der Waals surface area contributed by atoms with E-state index in [9.17, 15) is 4.79 Å². The Morgan fingerprint density at radius 3 is 2.66 bits per heavy atom. The third-order valence-electron chi connectivity index (χ3n) is 5.83. The predicted octanol–water partition coefficient (Wildman–Crippen LogP) is 4.03. The summed E-state index contributed by atoms with van der Waals surface area (Å²) in [6, 6.07) is 6.41. The molecular formula is C22H30FN3O5Si. The first-order valence-corrected chi connectivity index (χ1v) is 13.6. The van der Waals surface area contributed by atoms with Crippen molar-refractivity contribution in [2.75, 3.05) is 29.5 Å². The Bertz CT molecular complexity index is 950. The predicted molar refractivity (Wildman–Crippen MR) is 120 cm³/mol. The normalized spacial score (nSPS) is 23.5. The van der Waals surface area contributed by atoms with Crippen LogP contribution in [0.4, 0.5) is 20.6 Å². The number of carbonyl (C=O) groups excluding carboxylic acids is 1. The van der Waals surface area contributed by atoms with Gasteiger partial charge in [0.2, 0.25) is 0 Å². The number of ether oxygens (including phenoxy) is 2. The van der Waals surface area contributed by atoms with Crippen LogP contribution >= 0.6 is 0 Å². The van der Waals surface area contributed by atoms with E-state index in [0.717, 1.165) is 6.54 Å². The molecule has 0 aliphatic carbocycles. The average Bonchev–Trinajstić information content (AvgIpc) is 3.33. The largest absolute Gasteiger partial charge is 0.471 e. The molecule has 1 amide bonds. The van der Waals surface area contributed by atoms with Crippen LogP contribution in [0.5, 0.6) is 5.88 Å². The van der Waals surface area contributed by atoms with Gasteiger partial charge >= 0.3 is 6.09 Å². The topological polar surface area (TPSA) is 77.3 Å². The molecule has 3 heterocycles.